The fourth-order valence-electron chi connectivity index (χ4n) is 1.88. The van der Waals surface area contributed by atoms with E-state index in [0.29, 0.717) is 5.56 Å². The number of benzene rings is 1. The lowest BCUT2D eigenvalue weighted by Crippen LogP contribution is -2.48. The minimum absolute atomic E-state index is 0.296. The molecule has 0 bridgehead atoms. The van der Waals surface area contributed by atoms with Crippen LogP contribution in [0.5, 0.6) is 0 Å². The lowest BCUT2D eigenvalue weighted by Gasteiger charge is -2.28. The highest BCUT2D eigenvalue weighted by Crippen LogP contribution is 2.20. The normalized spacial score (nSPS) is 11.9. The number of hydrogen-bond acceptors (Lipinski definition) is 5. The maximum Gasteiger partial charge on any atom is 0.255 e. The highest BCUT2D eigenvalue weighted by Gasteiger charge is 2.29. The maximum absolute atomic E-state index is 11.9. The van der Waals surface area contributed by atoms with E-state index in [1.165, 1.54) is 4.90 Å². The topological polar surface area (TPSA) is 145 Å². The molecule has 7 N–H and O–H groups in total. The molecule has 0 aliphatic carbocycles. The molecule has 3 amide bonds. The Morgan fingerprint density at radius 2 is 1.55 bits per heavy atom. The van der Waals surface area contributed by atoms with E-state index in [9.17, 15) is 14.4 Å². The van der Waals surface area contributed by atoms with Crippen LogP contribution in [-0.2, 0) is 14.4 Å². The smallest absolute Gasteiger partial charge is 0.255 e. The molecule has 1 rings (SSSR count). The number of carbonyl (C=O) groups is 3. The lowest BCUT2D eigenvalue weighted by atomic mass is 10.0. The molecule has 0 heterocycles. The van der Waals surface area contributed by atoms with Gasteiger partial charge in [0.2, 0.25) is 11.8 Å². The van der Waals surface area contributed by atoms with Crippen molar-refractivity contribution in [3.8, 4) is 0 Å². The van der Waals surface area contributed by atoms with Crippen LogP contribution in [-0.4, -0.2) is 35.7 Å². The molecule has 108 valence electrons. The van der Waals surface area contributed by atoms with Gasteiger partial charge >= 0.3 is 0 Å². The Morgan fingerprint density at radius 3 is 1.95 bits per heavy atom. The van der Waals surface area contributed by atoms with E-state index in [2.05, 4.69) is 0 Å². The first-order valence-corrected chi connectivity index (χ1v) is 5.81. The molecule has 1 aromatic rings. The van der Waals surface area contributed by atoms with Crippen LogP contribution in [0.3, 0.4) is 0 Å². The van der Waals surface area contributed by atoms with Gasteiger partial charge < -0.3 is 11.5 Å². The zero-order chi connectivity index (χ0) is 15.1. The van der Waals surface area contributed by atoms with Crippen molar-refractivity contribution in [3.63, 3.8) is 0 Å². The van der Waals surface area contributed by atoms with Crippen molar-refractivity contribution in [2.45, 2.75) is 6.04 Å². The molecule has 0 fully saturated rings. The van der Waals surface area contributed by atoms with Crippen molar-refractivity contribution in [2.75, 3.05) is 13.1 Å². The monoisotopic (exact) mass is 279 g/mol. The van der Waals surface area contributed by atoms with Crippen LogP contribution in [0.1, 0.15) is 11.6 Å². The lowest BCUT2D eigenvalue weighted by molar-refractivity contribution is -0.130. The van der Waals surface area contributed by atoms with E-state index < -0.39 is 23.8 Å². The molecule has 0 spiro atoms. The quantitative estimate of drug-likeness (QED) is 0.259. The summed E-state index contributed by atoms with van der Waals surface area (Å²) in [5.41, 5.74) is 12.8. The zero-order valence-corrected chi connectivity index (χ0v) is 10.8. The number of nitrogens with one attached hydrogen (secondary N) is 1. The van der Waals surface area contributed by atoms with E-state index in [1.54, 1.807) is 30.3 Å². The Morgan fingerprint density at radius 1 is 1.05 bits per heavy atom. The van der Waals surface area contributed by atoms with Crippen molar-refractivity contribution >= 4 is 17.7 Å². The third kappa shape index (κ3) is 4.34. The number of nitrogens with zero attached hydrogens (tertiary/aromatic N) is 1. The predicted octanol–water partition coefficient (Wildman–Crippen LogP) is -2.01. The molecule has 0 aromatic heterocycles. The third-order valence-electron chi connectivity index (χ3n) is 2.59. The first-order valence-electron chi connectivity index (χ1n) is 5.81. The van der Waals surface area contributed by atoms with E-state index in [0.717, 1.165) is 0 Å². The first kappa shape index (κ1) is 15.6. The number of carbonyl (C=O) groups excluding carboxylic acids is 3. The van der Waals surface area contributed by atoms with Crippen LogP contribution < -0.4 is 22.7 Å². The molecule has 1 atom stereocenters. The summed E-state index contributed by atoms with van der Waals surface area (Å²) in [6.45, 7) is -0.591. The van der Waals surface area contributed by atoms with Gasteiger partial charge in [-0.1, -0.05) is 30.3 Å². The number of nitrogens with two attached hydrogens (primary N) is 3. The van der Waals surface area contributed by atoms with Crippen LogP contribution in [0, 0.1) is 0 Å². The second-order valence-electron chi connectivity index (χ2n) is 4.16. The maximum atomic E-state index is 11.9. The summed E-state index contributed by atoms with van der Waals surface area (Å²) < 4.78 is 0. The summed E-state index contributed by atoms with van der Waals surface area (Å²) in [6.07, 6.45) is 0. The molecule has 8 nitrogen and oxygen atoms in total. The van der Waals surface area contributed by atoms with Gasteiger partial charge in [-0.05, 0) is 5.56 Å². The molecule has 8 heteroatoms. The van der Waals surface area contributed by atoms with Crippen LogP contribution in [0.4, 0.5) is 0 Å². The van der Waals surface area contributed by atoms with Gasteiger partial charge in [0.05, 0.1) is 13.1 Å². The number of rotatable bonds is 7. The molecule has 0 aliphatic heterocycles. The minimum Gasteiger partial charge on any atom is -0.369 e. The molecular formula is C12H17N5O3. The fourth-order valence-corrected chi connectivity index (χ4v) is 1.88. The van der Waals surface area contributed by atoms with Crippen molar-refractivity contribution in [3.05, 3.63) is 35.9 Å². The van der Waals surface area contributed by atoms with Crippen molar-refractivity contribution in [1.29, 1.82) is 0 Å². The SMILES string of the molecule is NNC(=O)C(c1ccccc1)N(CC(N)=O)CC(N)=O. The summed E-state index contributed by atoms with van der Waals surface area (Å²) in [5.74, 6) is 3.21. The Bertz CT molecular complexity index is 475. The molecule has 20 heavy (non-hydrogen) atoms. The number of primary amides is 2. The summed E-state index contributed by atoms with van der Waals surface area (Å²) in [7, 11) is 0. The Hall–Kier alpha value is -2.45. The Kier molecular flexibility index (Phi) is 5.63. The second kappa shape index (κ2) is 7.22. The molecule has 0 saturated heterocycles. The van der Waals surface area contributed by atoms with E-state index in [1.807, 2.05) is 5.43 Å². The average Bonchev–Trinajstić information content (AvgIpc) is 2.38. The average molecular weight is 279 g/mol. The first-order chi connectivity index (χ1) is 9.45. The van der Waals surface area contributed by atoms with Crippen LogP contribution in [0.25, 0.3) is 0 Å². The van der Waals surface area contributed by atoms with Gasteiger partial charge in [-0.15, -0.1) is 0 Å². The molecular weight excluding hydrogens is 262 g/mol. The van der Waals surface area contributed by atoms with Crippen molar-refractivity contribution in [1.82, 2.24) is 10.3 Å². The molecule has 0 radical (unpaired) electrons. The van der Waals surface area contributed by atoms with Gasteiger partial charge in [-0.3, -0.25) is 24.7 Å². The minimum atomic E-state index is -0.929. The van der Waals surface area contributed by atoms with E-state index >= 15 is 0 Å². The largest absolute Gasteiger partial charge is 0.369 e. The highest BCUT2D eigenvalue weighted by molar-refractivity contribution is 5.85. The zero-order valence-electron chi connectivity index (χ0n) is 10.8. The van der Waals surface area contributed by atoms with Crippen molar-refractivity contribution in [2.24, 2.45) is 17.3 Å². The van der Waals surface area contributed by atoms with E-state index in [-0.39, 0.29) is 13.1 Å². The predicted molar refractivity (Wildman–Crippen MR) is 71.5 cm³/mol. The molecule has 1 unspecified atom stereocenters. The standard InChI is InChI=1S/C12H17N5O3/c13-9(18)6-17(7-10(14)19)11(12(20)16-15)8-4-2-1-3-5-8/h1-5,11H,6-7,15H2,(H2,13,18)(H2,14,19)(H,16,20). The van der Waals surface area contributed by atoms with Gasteiger partial charge in [0, 0.05) is 0 Å². The molecule has 0 aliphatic rings. The molecule has 1 aromatic carbocycles. The van der Waals surface area contributed by atoms with Crippen LogP contribution in [0.15, 0.2) is 30.3 Å². The van der Waals surface area contributed by atoms with Gasteiger partial charge in [0.1, 0.15) is 6.04 Å². The Balaban J connectivity index is 3.13. The van der Waals surface area contributed by atoms with Gasteiger partial charge in [0.25, 0.3) is 5.91 Å². The van der Waals surface area contributed by atoms with E-state index in [4.69, 9.17) is 17.3 Å². The van der Waals surface area contributed by atoms with Gasteiger partial charge in [-0.2, -0.15) is 0 Å². The van der Waals surface area contributed by atoms with Crippen LogP contribution in [0.2, 0.25) is 0 Å². The summed E-state index contributed by atoms with van der Waals surface area (Å²) in [4.78, 5) is 35.4. The number of amides is 3. The summed E-state index contributed by atoms with van der Waals surface area (Å²) >= 11 is 0. The highest BCUT2D eigenvalue weighted by atomic mass is 16.2. The number of hydrazine groups is 1. The third-order valence-corrected chi connectivity index (χ3v) is 2.59. The fraction of sp³-hybridized carbons (Fsp3) is 0.250. The summed E-state index contributed by atoms with van der Waals surface area (Å²) in [5, 5.41) is 0. The van der Waals surface area contributed by atoms with Gasteiger partial charge in [0.15, 0.2) is 0 Å². The number of hydrogen-bond donors (Lipinski definition) is 4. The summed E-state index contributed by atoms with van der Waals surface area (Å²) in [6, 6.07) is 7.63. The Labute approximate surface area is 115 Å². The van der Waals surface area contributed by atoms with Crippen molar-refractivity contribution < 1.29 is 14.4 Å². The van der Waals surface area contributed by atoms with Gasteiger partial charge in [-0.25, -0.2) is 5.84 Å². The molecule has 0 saturated carbocycles. The second-order valence-corrected chi connectivity index (χ2v) is 4.16. The van der Waals surface area contributed by atoms with Crippen LogP contribution >= 0.6 is 0 Å².